The Hall–Kier alpha value is -1.10. The minimum absolute atomic E-state index is 0.0552. The summed E-state index contributed by atoms with van der Waals surface area (Å²) < 4.78 is 0. The number of carbonyl (C=O) groups excluding carboxylic acids is 2. The van der Waals surface area contributed by atoms with Crippen molar-refractivity contribution in [3.63, 3.8) is 0 Å². The monoisotopic (exact) mass is 256 g/mol. The molecule has 0 spiro atoms. The van der Waals surface area contributed by atoms with Gasteiger partial charge in [-0.3, -0.25) is 14.4 Å². The number of hydrogen-bond acceptors (Lipinski definition) is 3. The van der Waals surface area contributed by atoms with Crippen molar-refractivity contribution in [2.24, 2.45) is 11.8 Å². The summed E-state index contributed by atoms with van der Waals surface area (Å²) in [5.74, 6) is -0.0238. The van der Waals surface area contributed by atoms with E-state index < -0.39 is 5.60 Å². The summed E-state index contributed by atoms with van der Waals surface area (Å²) in [6, 6.07) is 0. The van der Waals surface area contributed by atoms with Crippen molar-refractivity contribution >= 4 is 11.8 Å². The van der Waals surface area contributed by atoms with Gasteiger partial charge < -0.3 is 4.90 Å². The maximum Gasteiger partial charge on any atom is 0.248 e. The van der Waals surface area contributed by atoms with E-state index in [1.807, 2.05) is 20.8 Å². The second-order valence-corrected chi connectivity index (χ2v) is 6.27. The lowest BCUT2D eigenvalue weighted by Gasteiger charge is -2.21. The first-order chi connectivity index (χ1) is 8.19. The van der Waals surface area contributed by atoms with Gasteiger partial charge in [0.1, 0.15) is 0 Å². The van der Waals surface area contributed by atoms with Gasteiger partial charge in [0.25, 0.3) is 0 Å². The van der Waals surface area contributed by atoms with E-state index in [1.54, 1.807) is 4.90 Å². The van der Waals surface area contributed by atoms with Gasteiger partial charge in [0, 0.05) is 19.5 Å². The average Bonchev–Trinajstić information content (AvgIpc) is 2.55. The molecule has 0 aromatic rings. The van der Waals surface area contributed by atoms with Gasteiger partial charge in [-0.1, -0.05) is 13.8 Å². The highest BCUT2D eigenvalue weighted by atomic mass is 16.7. The van der Waals surface area contributed by atoms with E-state index in [0.29, 0.717) is 19.0 Å². The van der Waals surface area contributed by atoms with Crippen molar-refractivity contribution in [1.29, 1.82) is 0 Å². The van der Waals surface area contributed by atoms with Crippen molar-refractivity contribution < 1.29 is 14.4 Å². The topological polar surface area (TPSA) is 58.6 Å². The summed E-state index contributed by atoms with van der Waals surface area (Å²) in [6.07, 6.45) is 0.284. The molecule has 1 aliphatic rings. The van der Waals surface area contributed by atoms with Crippen molar-refractivity contribution in [3.05, 3.63) is 0 Å². The highest BCUT2D eigenvalue weighted by Crippen LogP contribution is 2.19. The van der Waals surface area contributed by atoms with Crippen LogP contribution in [0, 0.1) is 11.8 Å². The Kier molecular flexibility index (Phi) is 4.73. The van der Waals surface area contributed by atoms with E-state index in [2.05, 4.69) is 19.3 Å². The van der Waals surface area contributed by atoms with E-state index in [9.17, 15) is 9.59 Å². The first-order valence-corrected chi connectivity index (χ1v) is 6.44. The number of hydroxylamine groups is 1. The summed E-state index contributed by atoms with van der Waals surface area (Å²) in [5.41, 5.74) is 2.02. The fraction of sp³-hybridized carbons (Fsp3) is 0.846. The molecule has 0 aromatic heterocycles. The Labute approximate surface area is 109 Å². The SMILES string of the molecule is CC(C)CN1CC(C(=O)NOC(C)(C)C)CC1=O. The Balaban J connectivity index is 2.45. The number of hydrogen-bond donors (Lipinski definition) is 1. The molecule has 1 heterocycles. The fourth-order valence-electron chi connectivity index (χ4n) is 1.85. The molecule has 2 amide bonds. The van der Waals surface area contributed by atoms with E-state index in [0.717, 1.165) is 0 Å². The number of rotatable bonds is 4. The summed E-state index contributed by atoms with van der Waals surface area (Å²) >= 11 is 0. The van der Waals surface area contributed by atoms with Crippen molar-refractivity contribution in [3.8, 4) is 0 Å². The molecule has 0 bridgehead atoms. The normalized spacial score (nSPS) is 20.7. The van der Waals surface area contributed by atoms with E-state index in [1.165, 1.54) is 0 Å². The second-order valence-electron chi connectivity index (χ2n) is 6.27. The van der Waals surface area contributed by atoms with E-state index >= 15 is 0 Å². The number of likely N-dealkylation sites (tertiary alicyclic amines) is 1. The molecule has 5 heteroatoms. The summed E-state index contributed by atoms with van der Waals surface area (Å²) in [5, 5.41) is 0. The van der Waals surface area contributed by atoms with Crippen LogP contribution < -0.4 is 5.48 Å². The molecule has 1 N–H and O–H groups in total. The predicted molar refractivity (Wildman–Crippen MR) is 68.5 cm³/mol. The highest BCUT2D eigenvalue weighted by molar-refractivity contribution is 5.88. The van der Waals surface area contributed by atoms with Crippen LogP contribution in [0.1, 0.15) is 41.0 Å². The van der Waals surface area contributed by atoms with Crippen LogP contribution >= 0.6 is 0 Å². The first-order valence-electron chi connectivity index (χ1n) is 6.44. The Morgan fingerprint density at radius 1 is 1.50 bits per heavy atom. The van der Waals surface area contributed by atoms with Gasteiger partial charge >= 0.3 is 0 Å². The van der Waals surface area contributed by atoms with Gasteiger partial charge in [-0.15, -0.1) is 0 Å². The lowest BCUT2D eigenvalue weighted by molar-refractivity contribution is -0.149. The number of nitrogens with one attached hydrogen (secondary N) is 1. The molecule has 1 aliphatic heterocycles. The average molecular weight is 256 g/mol. The number of carbonyl (C=O) groups is 2. The molecule has 0 aliphatic carbocycles. The van der Waals surface area contributed by atoms with Crippen LogP contribution in [0.25, 0.3) is 0 Å². The molecule has 0 saturated carbocycles. The van der Waals surface area contributed by atoms with Crippen molar-refractivity contribution in [2.75, 3.05) is 13.1 Å². The van der Waals surface area contributed by atoms with Gasteiger partial charge in [0.2, 0.25) is 11.8 Å². The third-order valence-electron chi connectivity index (χ3n) is 2.63. The summed E-state index contributed by atoms with van der Waals surface area (Å²) in [7, 11) is 0. The fourth-order valence-corrected chi connectivity index (χ4v) is 1.85. The number of amides is 2. The smallest absolute Gasteiger partial charge is 0.248 e. The quantitative estimate of drug-likeness (QED) is 0.772. The zero-order valence-corrected chi connectivity index (χ0v) is 11.9. The molecule has 0 aromatic carbocycles. The minimum atomic E-state index is -0.421. The molecule has 18 heavy (non-hydrogen) atoms. The molecule has 0 radical (unpaired) electrons. The largest absolute Gasteiger partial charge is 0.342 e. The van der Waals surface area contributed by atoms with Crippen LogP contribution in [0.4, 0.5) is 0 Å². The van der Waals surface area contributed by atoms with Crippen LogP contribution in [0.5, 0.6) is 0 Å². The number of nitrogens with zero attached hydrogens (tertiary/aromatic N) is 1. The molecular formula is C13H24N2O3. The summed E-state index contributed by atoms with van der Waals surface area (Å²) in [6.45, 7) is 10.9. The predicted octanol–water partition coefficient (Wildman–Crippen LogP) is 1.34. The van der Waals surface area contributed by atoms with Crippen LogP contribution in [0.15, 0.2) is 0 Å². The third kappa shape index (κ3) is 4.64. The molecule has 1 unspecified atom stereocenters. The molecule has 1 atom stereocenters. The highest BCUT2D eigenvalue weighted by Gasteiger charge is 2.34. The lowest BCUT2D eigenvalue weighted by Crippen LogP contribution is -2.38. The maximum absolute atomic E-state index is 11.9. The van der Waals surface area contributed by atoms with Crippen molar-refractivity contribution in [1.82, 2.24) is 10.4 Å². The third-order valence-corrected chi connectivity index (χ3v) is 2.63. The molecule has 104 valence electrons. The van der Waals surface area contributed by atoms with Gasteiger partial charge in [-0.2, -0.15) is 0 Å². The van der Waals surface area contributed by atoms with Crippen LogP contribution in [-0.4, -0.2) is 35.4 Å². The van der Waals surface area contributed by atoms with E-state index in [-0.39, 0.29) is 24.2 Å². The molecular weight excluding hydrogens is 232 g/mol. The van der Waals surface area contributed by atoms with Gasteiger partial charge in [0.05, 0.1) is 11.5 Å². The van der Waals surface area contributed by atoms with Crippen LogP contribution in [-0.2, 0) is 14.4 Å². The Bertz CT molecular complexity index is 321. The standard InChI is InChI=1S/C13H24N2O3/c1-9(2)7-15-8-10(6-11(15)16)12(17)14-18-13(3,4)5/h9-10H,6-8H2,1-5H3,(H,14,17). The van der Waals surface area contributed by atoms with Crippen LogP contribution in [0.3, 0.4) is 0 Å². The second kappa shape index (κ2) is 5.69. The molecule has 5 nitrogen and oxygen atoms in total. The zero-order valence-electron chi connectivity index (χ0n) is 11.9. The minimum Gasteiger partial charge on any atom is -0.342 e. The van der Waals surface area contributed by atoms with Crippen LogP contribution in [0.2, 0.25) is 0 Å². The van der Waals surface area contributed by atoms with Gasteiger partial charge in [-0.05, 0) is 26.7 Å². The molecule has 1 saturated heterocycles. The Morgan fingerprint density at radius 2 is 2.11 bits per heavy atom. The summed E-state index contributed by atoms with van der Waals surface area (Å²) in [4.78, 5) is 30.6. The zero-order chi connectivity index (χ0) is 13.9. The first kappa shape index (κ1) is 15.0. The van der Waals surface area contributed by atoms with Gasteiger partial charge in [0.15, 0.2) is 0 Å². The molecule has 1 fully saturated rings. The van der Waals surface area contributed by atoms with E-state index in [4.69, 9.17) is 4.84 Å². The Morgan fingerprint density at radius 3 is 2.61 bits per heavy atom. The lowest BCUT2D eigenvalue weighted by atomic mass is 10.1. The van der Waals surface area contributed by atoms with Crippen molar-refractivity contribution in [2.45, 2.75) is 46.6 Å². The maximum atomic E-state index is 11.9. The molecule has 1 rings (SSSR count). The van der Waals surface area contributed by atoms with Gasteiger partial charge in [-0.25, -0.2) is 5.48 Å².